The van der Waals surface area contributed by atoms with E-state index in [2.05, 4.69) is 22.5 Å². The van der Waals surface area contributed by atoms with Crippen molar-refractivity contribution in [3.8, 4) is 0 Å². The van der Waals surface area contributed by atoms with Crippen LogP contribution in [0, 0.1) is 0 Å². The van der Waals surface area contributed by atoms with Gasteiger partial charge in [0.2, 0.25) is 0 Å². The third-order valence-corrected chi connectivity index (χ3v) is 3.98. The van der Waals surface area contributed by atoms with Gasteiger partial charge in [0.15, 0.2) is 0 Å². The molecule has 19 heavy (non-hydrogen) atoms. The van der Waals surface area contributed by atoms with Crippen LogP contribution in [0.3, 0.4) is 0 Å². The number of nitrogens with zero attached hydrogens (tertiary/aromatic N) is 1. The Kier molecular flexibility index (Phi) is 4.64. The minimum Gasteiger partial charge on any atom is -0.399 e. The van der Waals surface area contributed by atoms with Crippen LogP contribution in [-0.2, 0) is 0 Å². The number of carbonyl (C=O) groups is 1. The summed E-state index contributed by atoms with van der Waals surface area (Å²) in [5.74, 6) is 0.0415. The van der Waals surface area contributed by atoms with Gasteiger partial charge in [0, 0.05) is 28.3 Å². The smallest absolute Gasteiger partial charge is 0.254 e. The van der Waals surface area contributed by atoms with Gasteiger partial charge in [-0.1, -0.05) is 34.8 Å². The maximum atomic E-state index is 12.6. The van der Waals surface area contributed by atoms with E-state index in [-0.39, 0.29) is 5.91 Å². The maximum Gasteiger partial charge on any atom is 0.254 e. The summed E-state index contributed by atoms with van der Waals surface area (Å²) in [4.78, 5) is 14.5. The molecule has 0 aromatic heterocycles. The standard InChI is InChI=1S/C15H19BrN2O/c1-2-7-18(14-5-3-4-6-14)15(19)11-8-12(16)10-13(17)9-11/h2,8-10,14H,1,3-7,17H2. The molecule has 1 aliphatic carbocycles. The molecule has 1 aromatic rings. The number of hydrogen-bond acceptors (Lipinski definition) is 2. The van der Waals surface area contributed by atoms with E-state index in [1.54, 1.807) is 18.2 Å². The lowest BCUT2D eigenvalue weighted by atomic mass is 10.1. The number of amides is 1. The molecule has 0 spiro atoms. The Morgan fingerprint density at radius 3 is 2.68 bits per heavy atom. The number of halogens is 1. The maximum absolute atomic E-state index is 12.6. The summed E-state index contributed by atoms with van der Waals surface area (Å²) in [6.45, 7) is 4.35. The van der Waals surface area contributed by atoms with Gasteiger partial charge < -0.3 is 10.6 Å². The van der Waals surface area contributed by atoms with Crippen LogP contribution in [0.1, 0.15) is 36.0 Å². The molecular formula is C15H19BrN2O. The van der Waals surface area contributed by atoms with Crippen LogP contribution >= 0.6 is 15.9 Å². The third kappa shape index (κ3) is 3.38. The molecule has 2 rings (SSSR count). The van der Waals surface area contributed by atoms with Crippen molar-refractivity contribution in [2.45, 2.75) is 31.7 Å². The number of nitrogen functional groups attached to an aromatic ring is 1. The number of carbonyl (C=O) groups excluding carboxylic acids is 1. The van der Waals surface area contributed by atoms with Gasteiger partial charge >= 0.3 is 0 Å². The second-order valence-corrected chi connectivity index (χ2v) is 5.87. The highest BCUT2D eigenvalue weighted by Crippen LogP contribution is 2.26. The summed E-state index contributed by atoms with van der Waals surface area (Å²) in [6.07, 6.45) is 6.36. The van der Waals surface area contributed by atoms with Gasteiger partial charge in [-0.15, -0.1) is 6.58 Å². The molecule has 0 atom stereocenters. The second-order valence-electron chi connectivity index (χ2n) is 4.96. The van der Waals surface area contributed by atoms with Crippen molar-refractivity contribution in [2.24, 2.45) is 0 Å². The summed E-state index contributed by atoms with van der Waals surface area (Å²) in [7, 11) is 0. The number of nitrogens with two attached hydrogens (primary N) is 1. The fourth-order valence-corrected chi connectivity index (χ4v) is 3.17. The van der Waals surface area contributed by atoms with E-state index >= 15 is 0 Å². The van der Waals surface area contributed by atoms with E-state index in [9.17, 15) is 4.79 Å². The Morgan fingerprint density at radius 1 is 1.42 bits per heavy atom. The van der Waals surface area contributed by atoms with Crippen LogP contribution in [0.15, 0.2) is 35.3 Å². The molecule has 0 bridgehead atoms. The van der Waals surface area contributed by atoms with Crippen molar-refractivity contribution in [1.82, 2.24) is 4.90 Å². The second kappa shape index (κ2) is 6.24. The van der Waals surface area contributed by atoms with E-state index < -0.39 is 0 Å². The van der Waals surface area contributed by atoms with E-state index in [0.717, 1.165) is 17.3 Å². The van der Waals surface area contributed by atoms with Gasteiger partial charge in [-0.05, 0) is 31.0 Å². The van der Waals surface area contributed by atoms with Crippen molar-refractivity contribution in [1.29, 1.82) is 0 Å². The molecular weight excluding hydrogens is 304 g/mol. The fourth-order valence-electron chi connectivity index (χ4n) is 2.65. The topological polar surface area (TPSA) is 46.3 Å². The molecule has 2 N–H and O–H groups in total. The molecule has 102 valence electrons. The van der Waals surface area contributed by atoms with Crippen LogP contribution in [0.5, 0.6) is 0 Å². The molecule has 1 amide bonds. The van der Waals surface area contributed by atoms with Gasteiger partial charge in [0.1, 0.15) is 0 Å². The summed E-state index contributed by atoms with van der Waals surface area (Å²) in [6, 6.07) is 5.69. The first kappa shape index (κ1) is 14.1. The molecule has 4 heteroatoms. The first-order valence-corrected chi connectivity index (χ1v) is 7.39. The van der Waals surface area contributed by atoms with Gasteiger partial charge in [-0.3, -0.25) is 4.79 Å². The van der Waals surface area contributed by atoms with Crippen molar-refractivity contribution in [3.05, 3.63) is 40.9 Å². The number of benzene rings is 1. The minimum atomic E-state index is 0.0415. The van der Waals surface area contributed by atoms with Gasteiger partial charge in [0.05, 0.1) is 0 Å². The zero-order chi connectivity index (χ0) is 13.8. The summed E-state index contributed by atoms with van der Waals surface area (Å²) in [5.41, 5.74) is 7.04. The Hall–Kier alpha value is -1.29. The van der Waals surface area contributed by atoms with Gasteiger partial charge in [0.25, 0.3) is 5.91 Å². The predicted molar refractivity (Wildman–Crippen MR) is 82.0 cm³/mol. The molecule has 3 nitrogen and oxygen atoms in total. The zero-order valence-electron chi connectivity index (χ0n) is 10.9. The lowest BCUT2D eigenvalue weighted by molar-refractivity contribution is 0.0706. The number of hydrogen-bond donors (Lipinski definition) is 1. The van der Waals surface area contributed by atoms with Crippen LogP contribution < -0.4 is 5.73 Å². The first-order chi connectivity index (χ1) is 9.11. The largest absolute Gasteiger partial charge is 0.399 e. The van der Waals surface area contributed by atoms with Crippen molar-refractivity contribution in [2.75, 3.05) is 12.3 Å². The summed E-state index contributed by atoms with van der Waals surface area (Å²) < 4.78 is 0.834. The summed E-state index contributed by atoms with van der Waals surface area (Å²) in [5, 5.41) is 0. The highest BCUT2D eigenvalue weighted by Gasteiger charge is 2.26. The lowest BCUT2D eigenvalue weighted by Crippen LogP contribution is -2.39. The normalized spacial score (nSPS) is 15.4. The minimum absolute atomic E-state index is 0.0415. The van der Waals surface area contributed by atoms with Crippen molar-refractivity contribution in [3.63, 3.8) is 0 Å². The Morgan fingerprint density at radius 2 is 2.11 bits per heavy atom. The van der Waals surface area contributed by atoms with Crippen LogP contribution in [0.4, 0.5) is 5.69 Å². The fraction of sp³-hybridized carbons (Fsp3) is 0.400. The molecule has 0 aliphatic heterocycles. The molecule has 0 unspecified atom stereocenters. The van der Waals surface area contributed by atoms with Crippen LogP contribution in [0.25, 0.3) is 0 Å². The third-order valence-electron chi connectivity index (χ3n) is 3.52. The monoisotopic (exact) mass is 322 g/mol. The molecule has 0 radical (unpaired) electrons. The molecule has 1 saturated carbocycles. The molecule has 1 aliphatic rings. The first-order valence-electron chi connectivity index (χ1n) is 6.59. The highest BCUT2D eigenvalue weighted by molar-refractivity contribution is 9.10. The van der Waals surface area contributed by atoms with Gasteiger partial charge in [-0.25, -0.2) is 0 Å². The molecule has 0 heterocycles. The Labute approximate surface area is 122 Å². The van der Waals surface area contributed by atoms with E-state index in [1.807, 2.05) is 11.0 Å². The van der Waals surface area contributed by atoms with Crippen LogP contribution in [-0.4, -0.2) is 23.4 Å². The SMILES string of the molecule is C=CCN(C(=O)c1cc(N)cc(Br)c1)C1CCCC1. The Bertz CT molecular complexity index is 461. The van der Waals surface area contributed by atoms with Crippen LogP contribution in [0.2, 0.25) is 0 Å². The van der Waals surface area contributed by atoms with Crippen molar-refractivity contribution >= 4 is 27.5 Å². The predicted octanol–water partition coefficient (Wildman–Crippen LogP) is 3.60. The van der Waals surface area contributed by atoms with E-state index in [4.69, 9.17) is 5.73 Å². The number of rotatable bonds is 4. The Balaban J connectivity index is 2.24. The quantitative estimate of drug-likeness (QED) is 0.680. The van der Waals surface area contributed by atoms with Crippen molar-refractivity contribution < 1.29 is 4.79 Å². The van der Waals surface area contributed by atoms with E-state index in [0.29, 0.717) is 23.8 Å². The zero-order valence-corrected chi connectivity index (χ0v) is 12.5. The molecule has 0 saturated heterocycles. The summed E-state index contributed by atoms with van der Waals surface area (Å²) >= 11 is 3.38. The average Bonchev–Trinajstić information content (AvgIpc) is 2.87. The molecule has 1 aromatic carbocycles. The number of anilines is 1. The average molecular weight is 323 g/mol. The molecule has 1 fully saturated rings. The van der Waals surface area contributed by atoms with E-state index in [1.165, 1.54) is 12.8 Å². The highest BCUT2D eigenvalue weighted by atomic mass is 79.9. The lowest BCUT2D eigenvalue weighted by Gasteiger charge is -2.28. The van der Waals surface area contributed by atoms with Gasteiger partial charge in [-0.2, -0.15) is 0 Å².